The lowest BCUT2D eigenvalue weighted by atomic mass is 9.92. The van der Waals surface area contributed by atoms with Crippen molar-refractivity contribution in [3.05, 3.63) is 18.2 Å². The SMILES string of the molecule is CCCc1nccn1[C@H]1CCCC[C@@H]1O. The average molecular weight is 208 g/mol. The first kappa shape index (κ1) is 10.7. The summed E-state index contributed by atoms with van der Waals surface area (Å²) in [6, 6.07) is 0.266. The Kier molecular flexibility index (Phi) is 3.41. The molecule has 1 aromatic rings. The predicted octanol–water partition coefficient (Wildman–Crippen LogP) is 2.31. The molecule has 2 rings (SSSR count). The first-order valence-corrected chi connectivity index (χ1v) is 6.02. The zero-order valence-electron chi connectivity index (χ0n) is 9.39. The van der Waals surface area contributed by atoms with E-state index in [1.807, 2.05) is 12.4 Å². The summed E-state index contributed by atoms with van der Waals surface area (Å²) in [4.78, 5) is 4.37. The standard InChI is InChI=1S/C12H20N2O/c1-2-5-12-13-8-9-14(12)10-6-3-4-7-11(10)15/h8-11,15H,2-7H2,1H3/t10-,11-/m0/s1. The van der Waals surface area contributed by atoms with Gasteiger partial charge in [0.25, 0.3) is 0 Å². The van der Waals surface area contributed by atoms with Gasteiger partial charge in [-0.2, -0.15) is 0 Å². The van der Waals surface area contributed by atoms with Crippen LogP contribution in [-0.4, -0.2) is 20.8 Å². The van der Waals surface area contributed by atoms with Crippen molar-refractivity contribution >= 4 is 0 Å². The molecule has 0 amide bonds. The zero-order chi connectivity index (χ0) is 10.7. The van der Waals surface area contributed by atoms with Crippen molar-refractivity contribution in [1.29, 1.82) is 0 Å². The van der Waals surface area contributed by atoms with E-state index in [9.17, 15) is 5.11 Å². The molecule has 0 aromatic carbocycles. The molecule has 0 bridgehead atoms. The van der Waals surface area contributed by atoms with Gasteiger partial charge in [0.2, 0.25) is 0 Å². The Morgan fingerprint density at radius 1 is 1.47 bits per heavy atom. The number of aryl methyl sites for hydroxylation is 1. The molecule has 1 aromatic heterocycles. The van der Waals surface area contributed by atoms with E-state index in [0.29, 0.717) is 0 Å². The Hall–Kier alpha value is -0.830. The van der Waals surface area contributed by atoms with Gasteiger partial charge in [-0.3, -0.25) is 0 Å². The fourth-order valence-electron chi connectivity index (χ4n) is 2.48. The van der Waals surface area contributed by atoms with Gasteiger partial charge >= 0.3 is 0 Å². The highest BCUT2D eigenvalue weighted by Gasteiger charge is 2.25. The number of nitrogens with zero attached hydrogens (tertiary/aromatic N) is 2. The van der Waals surface area contributed by atoms with Gasteiger partial charge < -0.3 is 9.67 Å². The summed E-state index contributed by atoms with van der Waals surface area (Å²) in [5.41, 5.74) is 0. The molecular weight excluding hydrogens is 188 g/mol. The van der Waals surface area contributed by atoms with E-state index in [1.54, 1.807) is 0 Å². The summed E-state index contributed by atoms with van der Waals surface area (Å²) in [6.07, 6.45) is 10.2. The van der Waals surface area contributed by atoms with Gasteiger partial charge in [0.1, 0.15) is 5.82 Å². The molecule has 0 spiro atoms. The molecule has 1 aliphatic carbocycles. The Morgan fingerprint density at radius 3 is 3.00 bits per heavy atom. The number of rotatable bonds is 3. The van der Waals surface area contributed by atoms with Crippen LogP contribution in [0.3, 0.4) is 0 Å². The predicted molar refractivity (Wildman–Crippen MR) is 59.7 cm³/mol. The van der Waals surface area contributed by atoms with E-state index in [0.717, 1.165) is 37.9 Å². The molecule has 0 saturated heterocycles. The molecule has 1 aliphatic rings. The number of aromatic nitrogens is 2. The average Bonchev–Trinajstić information content (AvgIpc) is 2.67. The Labute approximate surface area is 91.1 Å². The molecule has 0 unspecified atom stereocenters. The molecule has 1 heterocycles. The monoisotopic (exact) mass is 208 g/mol. The third-order valence-electron chi connectivity index (χ3n) is 3.27. The third-order valence-corrected chi connectivity index (χ3v) is 3.27. The van der Waals surface area contributed by atoms with E-state index in [4.69, 9.17) is 0 Å². The second kappa shape index (κ2) is 4.79. The quantitative estimate of drug-likeness (QED) is 0.827. The van der Waals surface area contributed by atoms with Crippen molar-refractivity contribution in [3.63, 3.8) is 0 Å². The molecule has 15 heavy (non-hydrogen) atoms. The molecule has 84 valence electrons. The maximum absolute atomic E-state index is 9.98. The van der Waals surface area contributed by atoms with Crippen molar-refractivity contribution in [2.45, 2.75) is 57.6 Å². The van der Waals surface area contributed by atoms with Gasteiger partial charge in [-0.15, -0.1) is 0 Å². The normalized spacial score (nSPS) is 26.8. The van der Waals surface area contributed by atoms with Crippen LogP contribution < -0.4 is 0 Å². The van der Waals surface area contributed by atoms with Crippen LogP contribution in [0.25, 0.3) is 0 Å². The first-order chi connectivity index (χ1) is 7.33. The van der Waals surface area contributed by atoms with Crippen LogP contribution in [0, 0.1) is 0 Å². The number of aliphatic hydroxyl groups excluding tert-OH is 1. The first-order valence-electron chi connectivity index (χ1n) is 6.02. The molecule has 3 nitrogen and oxygen atoms in total. The summed E-state index contributed by atoms with van der Waals surface area (Å²) in [5.74, 6) is 1.13. The smallest absolute Gasteiger partial charge is 0.108 e. The second-order valence-electron chi connectivity index (χ2n) is 4.42. The highest BCUT2D eigenvalue weighted by molar-refractivity contribution is 4.98. The summed E-state index contributed by atoms with van der Waals surface area (Å²) >= 11 is 0. The van der Waals surface area contributed by atoms with Crippen LogP contribution >= 0.6 is 0 Å². The lowest BCUT2D eigenvalue weighted by molar-refractivity contribution is 0.0740. The molecule has 1 saturated carbocycles. The summed E-state index contributed by atoms with van der Waals surface area (Å²) < 4.78 is 2.19. The molecule has 2 atom stereocenters. The molecule has 3 heteroatoms. The summed E-state index contributed by atoms with van der Waals surface area (Å²) in [5, 5.41) is 9.98. The molecule has 0 aliphatic heterocycles. The van der Waals surface area contributed by atoms with Crippen LogP contribution in [0.15, 0.2) is 12.4 Å². The fourth-order valence-corrected chi connectivity index (χ4v) is 2.48. The minimum absolute atomic E-state index is 0.177. The van der Waals surface area contributed by atoms with Gasteiger partial charge in [0, 0.05) is 18.8 Å². The van der Waals surface area contributed by atoms with Crippen molar-refractivity contribution < 1.29 is 5.11 Å². The molecule has 1 fully saturated rings. The summed E-state index contributed by atoms with van der Waals surface area (Å²) in [6.45, 7) is 2.16. The number of hydrogen-bond acceptors (Lipinski definition) is 2. The van der Waals surface area contributed by atoms with Crippen molar-refractivity contribution in [3.8, 4) is 0 Å². The molecule has 0 radical (unpaired) electrons. The number of aliphatic hydroxyl groups is 1. The Bertz CT molecular complexity index is 308. The lowest BCUT2D eigenvalue weighted by Crippen LogP contribution is -2.28. The van der Waals surface area contributed by atoms with Gasteiger partial charge in [-0.05, 0) is 19.3 Å². The minimum Gasteiger partial charge on any atom is -0.391 e. The summed E-state index contributed by atoms with van der Waals surface area (Å²) in [7, 11) is 0. The number of imidazole rings is 1. The van der Waals surface area contributed by atoms with E-state index >= 15 is 0 Å². The van der Waals surface area contributed by atoms with E-state index in [-0.39, 0.29) is 12.1 Å². The Balaban J connectivity index is 2.15. The van der Waals surface area contributed by atoms with E-state index in [2.05, 4.69) is 16.5 Å². The number of hydrogen-bond donors (Lipinski definition) is 1. The Morgan fingerprint density at radius 2 is 2.27 bits per heavy atom. The van der Waals surface area contributed by atoms with Crippen LogP contribution in [0.5, 0.6) is 0 Å². The van der Waals surface area contributed by atoms with Crippen LogP contribution in [0.2, 0.25) is 0 Å². The highest BCUT2D eigenvalue weighted by atomic mass is 16.3. The van der Waals surface area contributed by atoms with Crippen LogP contribution in [0.1, 0.15) is 50.9 Å². The lowest BCUT2D eigenvalue weighted by Gasteiger charge is -2.29. The molecule has 1 N–H and O–H groups in total. The van der Waals surface area contributed by atoms with Crippen molar-refractivity contribution in [2.24, 2.45) is 0 Å². The van der Waals surface area contributed by atoms with Gasteiger partial charge in [-0.25, -0.2) is 4.98 Å². The largest absolute Gasteiger partial charge is 0.391 e. The van der Waals surface area contributed by atoms with Crippen molar-refractivity contribution in [2.75, 3.05) is 0 Å². The minimum atomic E-state index is -0.177. The topological polar surface area (TPSA) is 38.0 Å². The van der Waals surface area contributed by atoms with E-state index in [1.165, 1.54) is 6.42 Å². The maximum atomic E-state index is 9.98. The highest BCUT2D eigenvalue weighted by Crippen LogP contribution is 2.29. The van der Waals surface area contributed by atoms with Gasteiger partial charge in [0.15, 0.2) is 0 Å². The van der Waals surface area contributed by atoms with Crippen LogP contribution in [-0.2, 0) is 6.42 Å². The van der Waals surface area contributed by atoms with Crippen molar-refractivity contribution in [1.82, 2.24) is 9.55 Å². The maximum Gasteiger partial charge on any atom is 0.108 e. The molecular formula is C12H20N2O. The zero-order valence-corrected chi connectivity index (χ0v) is 9.39. The van der Waals surface area contributed by atoms with Gasteiger partial charge in [0.05, 0.1) is 12.1 Å². The van der Waals surface area contributed by atoms with Gasteiger partial charge in [-0.1, -0.05) is 19.8 Å². The second-order valence-corrected chi connectivity index (χ2v) is 4.42. The fraction of sp³-hybridized carbons (Fsp3) is 0.750. The van der Waals surface area contributed by atoms with Crippen LogP contribution in [0.4, 0.5) is 0 Å². The third kappa shape index (κ3) is 2.23. The van der Waals surface area contributed by atoms with E-state index < -0.39 is 0 Å².